The van der Waals surface area contributed by atoms with Crippen LogP contribution in [0, 0.1) is 4.77 Å². The van der Waals surface area contributed by atoms with Crippen LogP contribution in [0.2, 0.25) is 5.02 Å². The molecule has 116 valence electrons. The normalized spacial score (nSPS) is 12.2. The van der Waals surface area contributed by atoms with Gasteiger partial charge in [-0.25, -0.2) is 5.10 Å². The number of aromatic nitrogens is 3. The monoisotopic (exact) mass is 344 g/mol. The number of hydrogen-bond acceptors (Lipinski definition) is 4. The van der Waals surface area contributed by atoms with Crippen LogP contribution in [0.3, 0.4) is 0 Å². The first kappa shape index (κ1) is 15.5. The van der Waals surface area contributed by atoms with Crippen LogP contribution >= 0.6 is 23.8 Å². The molecule has 5 nitrogen and oxygen atoms in total. The highest BCUT2D eigenvalue weighted by molar-refractivity contribution is 7.71. The van der Waals surface area contributed by atoms with E-state index in [0.717, 1.165) is 16.9 Å². The van der Waals surface area contributed by atoms with E-state index in [0.29, 0.717) is 15.6 Å². The summed E-state index contributed by atoms with van der Waals surface area (Å²) >= 11 is 11.1. The predicted octanol–water partition coefficient (Wildman–Crippen LogP) is 4.79. The van der Waals surface area contributed by atoms with Crippen LogP contribution in [-0.4, -0.2) is 21.1 Å². The van der Waals surface area contributed by atoms with E-state index >= 15 is 0 Å². The van der Waals surface area contributed by atoms with Gasteiger partial charge in [0, 0.05) is 10.6 Å². The number of furan rings is 1. The summed E-state index contributed by atoms with van der Waals surface area (Å²) in [4.78, 5) is 0. The largest absolute Gasteiger partial charge is 0.465 e. The third-order valence-corrected chi connectivity index (χ3v) is 3.56. The maximum Gasteiger partial charge on any atom is 0.216 e. The van der Waals surface area contributed by atoms with E-state index in [2.05, 4.69) is 15.3 Å². The fourth-order valence-electron chi connectivity index (χ4n) is 1.97. The molecule has 23 heavy (non-hydrogen) atoms. The Bertz CT molecular complexity index is 904. The number of nitrogens with one attached hydrogen (secondary N) is 1. The van der Waals surface area contributed by atoms with Gasteiger partial charge in [0.25, 0.3) is 0 Å². The van der Waals surface area contributed by atoms with Gasteiger partial charge in [-0.15, -0.1) is 0 Å². The average Bonchev–Trinajstić information content (AvgIpc) is 3.16. The first-order chi connectivity index (χ1) is 11.1. The Kier molecular flexibility index (Phi) is 4.55. The van der Waals surface area contributed by atoms with Crippen LogP contribution in [0.15, 0.2) is 57.8 Å². The Hall–Kier alpha value is -2.44. The number of nitrogens with zero attached hydrogens (tertiary/aromatic N) is 3. The van der Waals surface area contributed by atoms with Gasteiger partial charge in [0.2, 0.25) is 4.77 Å². The van der Waals surface area contributed by atoms with Gasteiger partial charge in [0.15, 0.2) is 5.82 Å². The second-order valence-corrected chi connectivity index (χ2v) is 5.64. The zero-order valence-electron chi connectivity index (χ0n) is 12.2. The smallest absolute Gasteiger partial charge is 0.216 e. The number of rotatable bonds is 4. The number of benzene rings is 1. The second kappa shape index (κ2) is 6.76. The van der Waals surface area contributed by atoms with Crippen molar-refractivity contribution in [2.24, 2.45) is 5.10 Å². The molecular formula is C16H13ClN4OS. The summed E-state index contributed by atoms with van der Waals surface area (Å²) in [5.74, 6) is 1.39. The van der Waals surface area contributed by atoms with Gasteiger partial charge in [-0.05, 0) is 67.2 Å². The third-order valence-electron chi connectivity index (χ3n) is 3.04. The van der Waals surface area contributed by atoms with Gasteiger partial charge < -0.3 is 4.42 Å². The van der Waals surface area contributed by atoms with Crippen molar-refractivity contribution in [2.45, 2.75) is 6.92 Å². The fourth-order valence-corrected chi connectivity index (χ4v) is 2.27. The molecule has 1 aromatic carbocycles. The molecule has 0 bridgehead atoms. The molecule has 0 fully saturated rings. The molecule has 0 atom stereocenters. The molecule has 0 saturated heterocycles. The van der Waals surface area contributed by atoms with E-state index in [1.165, 1.54) is 0 Å². The first-order valence-electron chi connectivity index (χ1n) is 6.83. The van der Waals surface area contributed by atoms with E-state index < -0.39 is 0 Å². The molecule has 1 N–H and O–H groups in total. The Morgan fingerprint density at radius 2 is 2.13 bits per heavy atom. The van der Waals surface area contributed by atoms with Gasteiger partial charge >= 0.3 is 0 Å². The van der Waals surface area contributed by atoms with Crippen molar-refractivity contribution in [1.82, 2.24) is 14.9 Å². The number of aromatic amines is 1. The van der Waals surface area contributed by atoms with Crippen molar-refractivity contribution in [3.63, 3.8) is 0 Å². The van der Waals surface area contributed by atoms with Crippen LogP contribution in [0.4, 0.5) is 0 Å². The summed E-state index contributed by atoms with van der Waals surface area (Å²) in [6.07, 6.45) is 5.21. The van der Waals surface area contributed by atoms with Crippen LogP contribution in [0.1, 0.15) is 12.7 Å². The summed E-state index contributed by atoms with van der Waals surface area (Å²) in [6.45, 7) is 1.93. The SMILES string of the molecule is CC(/C=N/n1c(-c2ccc(Cl)cc2)n[nH]c1=S)=C\c1ccco1. The molecule has 2 heterocycles. The van der Waals surface area contributed by atoms with E-state index in [1.54, 1.807) is 29.3 Å². The lowest BCUT2D eigenvalue weighted by molar-refractivity contribution is 0.557. The van der Waals surface area contributed by atoms with Crippen molar-refractivity contribution in [3.8, 4) is 11.4 Å². The highest BCUT2D eigenvalue weighted by atomic mass is 35.5. The van der Waals surface area contributed by atoms with Gasteiger partial charge in [-0.1, -0.05) is 11.6 Å². The molecule has 0 radical (unpaired) electrons. The molecule has 0 aliphatic rings. The Balaban J connectivity index is 1.91. The van der Waals surface area contributed by atoms with Crippen LogP contribution < -0.4 is 0 Å². The molecule has 7 heteroatoms. The molecular weight excluding hydrogens is 332 g/mol. The highest BCUT2D eigenvalue weighted by Gasteiger charge is 2.07. The predicted molar refractivity (Wildman–Crippen MR) is 94.1 cm³/mol. The Morgan fingerprint density at radius 3 is 2.83 bits per heavy atom. The lowest BCUT2D eigenvalue weighted by Gasteiger charge is -2.01. The number of hydrogen-bond donors (Lipinski definition) is 1. The van der Waals surface area contributed by atoms with Crippen molar-refractivity contribution in [2.75, 3.05) is 0 Å². The summed E-state index contributed by atoms with van der Waals surface area (Å²) in [6, 6.07) is 11.0. The highest BCUT2D eigenvalue weighted by Crippen LogP contribution is 2.19. The number of H-pyrrole nitrogens is 1. The topological polar surface area (TPSA) is 59.1 Å². The molecule has 0 spiro atoms. The van der Waals surface area contributed by atoms with E-state index in [4.69, 9.17) is 28.2 Å². The Labute approximate surface area is 142 Å². The summed E-state index contributed by atoms with van der Waals surface area (Å²) in [5, 5.41) is 12.0. The molecule has 3 aromatic rings. The van der Waals surface area contributed by atoms with Gasteiger partial charge in [0.1, 0.15) is 5.76 Å². The van der Waals surface area contributed by atoms with Gasteiger partial charge in [0.05, 0.1) is 12.5 Å². The first-order valence-corrected chi connectivity index (χ1v) is 7.61. The molecule has 0 aliphatic heterocycles. The molecule has 3 rings (SSSR count). The minimum absolute atomic E-state index is 0.414. The second-order valence-electron chi connectivity index (χ2n) is 4.82. The number of allylic oxidation sites excluding steroid dienone is 1. The van der Waals surface area contributed by atoms with Crippen molar-refractivity contribution < 1.29 is 4.42 Å². The van der Waals surface area contributed by atoms with Gasteiger partial charge in [-0.2, -0.15) is 14.9 Å². The van der Waals surface area contributed by atoms with Gasteiger partial charge in [-0.3, -0.25) is 0 Å². The molecule has 0 amide bonds. The number of halogens is 1. The van der Waals surface area contributed by atoms with Crippen molar-refractivity contribution in [3.05, 3.63) is 63.8 Å². The molecule has 2 aromatic heterocycles. The third kappa shape index (κ3) is 3.67. The Morgan fingerprint density at radius 1 is 1.35 bits per heavy atom. The minimum atomic E-state index is 0.414. The minimum Gasteiger partial charge on any atom is -0.465 e. The van der Waals surface area contributed by atoms with Crippen LogP contribution in [-0.2, 0) is 0 Å². The van der Waals surface area contributed by atoms with E-state index in [1.807, 2.05) is 37.3 Å². The zero-order chi connectivity index (χ0) is 16.2. The standard InChI is InChI=1S/C16H13ClN4OS/c1-11(9-14-3-2-8-22-14)10-18-21-15(19-20-16(21)23)12-4-6-13(17)7-5-12/h2-10H,1H3,(H,20,23)/b11-9+,18-10+. The maximum atomic E-state index is 5.91. The van der Waals surface area contributed by atoms with Crippen molar-refractivity contribution in [1.29, 1.82) is 0 Å². The summed E-state index contributed by atoms with van der Waals surface area (Å²) in [5.41, 5.74) is 1.79. The maximum absolute atomic E-state index is 5.91. The molecule has 0 aliphatic carbocycles. The summed E-state index contributed by atoms with van der Waals surface area (Å²) in [7, 11) is 0. The van der Waals surface area contributed by atoms with Crippen LogP contribution in [0.25, 0.3) is 17.5 Å². The quantitative estimate of drug-likeness (QED) is 0.546. The van der Waals surface area contributed by atoms with Crippen molar-refractivity contribution >= 4 is 36.1 Å². The lowest BCUT2D eigenvalue weighted by Crippen LogP contribution is -1.94. The molecule has 0 unspecified atom stereocenters. The van der Waals surface area contributed by atoms with Crippen LogP contribution in [0.5, 0.6) is 0 Å². The van der Waals surface area contributed by atoms with E-state index in [9.17, 15) is 0 Å². The zero-order valence-corrected chi connectivity index (χ0v) is 13.8. The summed E-state index contributed by atoms with van der Waals surface area (Å²) < 4.78 is 7.25. The van der Waals surface area contributed by atoms with E-state index in [-0.39, 0.29) is 0 Å². The average molecular weight is 345 g/mol. The fraction of sp³-hybridized carbons (Fsp3) is 0.0625. The lowest BCUT2D eigenvalue weighted by atomic mass is 10.2. The molecule has 0 saturated carbocycles.